The molecule has 0 fully saturated rings. The Kier molecular flexibility index (Phi) is 4.72. The van der Waals surface area contributed by atoms with Crippen LogP contribution in [0, 0.1) is 11.8 Å². The molecule has 0 spiro atoms. The topological polar surface area (TPSA) is 17.1 Å². The maximum atomic E-state index is 11.6. The molecule has 0 unspecified atom stereocenters. The highest BCUT2D eigenvalue weighted by Crippen LogP contribution is 2.01. The van der Waals surface area contributed by atoms with E-state index in [9.17, 15) is 4.79 Å². The number of hydrogen-bond acceptors (Lipinski definition) is 1. The molecule has 0 amide bonds. The van der Waals surface area contributed by atoms with Gasteiger partial charge < -0.3 is 0 Å². The number of carbonyl (C=O) groups is 1. The minimum absolute atomic E-state index is 0.0206. The molecule has 2 rings (SSSR count). The largest absolute Gasteiger partial charge is 0.294 e. The predicted molar refractivity (Wildman–Crippen MR) is 78.4 cm³/mol. The summed E-state index contributed by atoms with van der Waals surface area (Å²) < 4.78 is 0. The van der Waals surface area contributed by atoms with Crippen LogP contribution in [0.2, 0.25) is 0 Å². The van der Waals surface area contributed by atoms with Crippen LogP contribution in [0.25, 0.3) is 6.08 Å². The lowest BCUT2D eigenvalue weighted by Crippen LogP contribution is -1.89. The molecular weight excluding hydrogens is 232 g/mol. The highest BCUT2D eigenvalue weighted by molar-refractivity contribution is 5.95. The number of ketones is 1. The summed E-state index contributed by atoms with van der Waals surface area (Å²) in [6, 6.07) is 19.4. The molecule has 0 aliphatic carbocycles. The van der Waals surface area contributed by atoms with E-state index >= 15 is 0 Å². The Bertz CT molecular complexity index is 613. The first-order valence-corrected chi connectivity index (χ1v) is 6.14. The first kappa shape index (κ1) is 12.9. The Morgan fingerprint density at radius 3 is 2.26 bits per heavy atom. The molecule has 2 aromatic rings. The first-order valence-electron chi connectivity index (χ1n) is 6.14. The van der Waals surface area contributed by atoms with E-state index in [0.717, 1.165) is 11.1 Å². The monoisotopic (exact) mass is 246 g/mol. The van der Waals surface area contributed by atoms with Crippen molar-refractivity contribution in [3.8, 4) is 11.8 Å². The standard InChI is InChI=1S/C18H14O/c19-18(15-14-17-10-5-2-6-11-17)13-7-12-16-8-3-1-4-9-16/h1-6,8-11,14-15H,13H2. The molecule has 0 saturated heterocycles. The Labute approximate surface area is 113 Å². The van der Waals surface area contributed by atoms with Crippen molar-refractivity contribution in [1.29, 1.82) is 0 Å². The Morgan fingerprint density at radius 1 is 0.947 bits per heavy atom. The van der Waals surface area contributed by atoms with E-state index in [1.165, 1.54) is 0 Å². The summed E-state index contributed by atoms with van der Waals surface area (Å²) in [5, 5.41) is 0. The second-order valence-corrected chi connectivity index (χ2v) is 4.05. The molecule has 0 saturated carbocycles. The summed E-state index contributed by atoms with van der Waals surface area (Å²) in [6.45, 7) is 0. The maximum Gasteiger partial charge on any atom is 0.167 e. The fourth-order valence-electron chi connectivity index (χ4n) is 1.57. The van der Waals surface area contributed by atoms with Crippen LogP contribution in [0.5, 0.6) is 0 Å². The number of hydrogen-bond donors (Lipinski definition) is 0. The van der Waals surface area contributed by atoms with Crippen LogP contribution in [0.4, 0.5) is 0 Å². The van der Waals surface area contributed by atoms with Crippen LogP contribution < -0.4 is 0 Å². The van der Waals surface area contributed by atoms with Gasteiger partial charge in [-0.25, -0.2) is 0 Å². The molecule has 2 aromatic carbocycles. The summed E-state index contributed by atoms with van der Waals surface area (Å²) in [4.78, 5) is 11.6. The van der Waals surface area contributed by atoms with Crippen LogP contribution in [0.1, 0.15) is 17.5 Å². The van der Waals surface area contributed by atoms with Crippen molar-refractivity contribution < 1.29 is 4.79 Å². The number of allylic oxidation sites excluding steroid dienone is 1. The van der Waals surface area contributed by atoms with Gasteiger partial charge >= 0.3 is 0 Å². The van der Waals surface area contributed by atoms with Gasteiger partial charge in [0.2, 0.25) is 0 Å². The Balaban J connectivity index is 1.89. The highest BCUT2D eigenvalue weighted by Gasteiger charge is 1.92. The van der Waals surface area contributed by atoms with Gasteiger partial charge in [-0.05, 0) is 23.8 Å². The quantitative estimate of drug-likeness (QED) is 0.596. The highest BCUT2D eigenvalue weighted by atomic mass is 16.1. The minimum Gasteiger partial charge on any atom is -0.294 e. The van der Waals surface area contributed by atoms with Gasteiger partial charge in [0.25, 0.3) is 0 Å². The van der Waals surface area contributed by atoms with Crippen LogP contribution in [-0.2, 0) is 4.79 Å². The second kappa shape index (κ2) is 6.98. The third-order valence-electron chi connectivity index (χ3n) is 2.53. The van der Waals surface area contributed by atoms with Gasteiger partial charge in [0.1, 0.15) is 0 Å². The molecule has 19 heavy (non-hydrogen) atoms. The zero-order valence-corrected chi connectivity index (χ0v) is 10.5. The van der Waals surface area contributed by atoms with Gasteiger partial charge in [-0.2, -0.15) is 0 Å². The first-order chi connectivity index (χ1) is 9.34. The molecule has 0 atom stereocenters. The number of rotatable bonds is 3. The normalized spacial score (nSPS) is 9.89. The molecule has 0 N–H and O–H groups in total. The summed E-state index contributed by atoms with van der Waals surface area (Å²) in [6.07, 6.45) is 3.64. The molecule has 0 aliphatic rings. The van der Waals surface area contributed by atoms with Gasteiger partial charge in [0.15, 0.2) is 5.78 Å². The van der Waals surface area contributed by atoms with Crippen LogP contribution >= 0.6 is 0 Å². The van der Waals surface area contributed by atoms with E-state index in [1.807, 2.05) is 66.7 Å². The van der Waals surface area contributed by atoms with Crippen molar-refractivity contribution in [2.45, 2.75) is 6.42 Å². The fraction of sp³-hybridized carbons (Fsp3) is 0.0556. The van der Waals surface area contributed by atoms with Crippen molar-refractivity contribution in [1.82, 2.24) is 0 Å². The molecule has 0 bridgehead atoms. The van der Waals surface area contributed by atoms with Crippen molar-refractivity contribution >= 4 is 11.9 Å². The van der Waals surface area contributed by atoms with Crippen LogP contribution in [0.3, 0.4) is 0 Å². The van der Waals surface area contributed by atoms with Crippen molar-refractivity contribution in [3.05, 3.63) is 77.9 Å². The Morgan fingerprint density at radius 2 is 1.58 bits per heavy atom. The van der Waals surface area contributed by atoms with E-state index in [1.54, 1.807) is 6.08 Å². The molecule has 0 aliphatic heterocycles. The summed E-state index contributed by atoms with van der Waals surface area (Å²) in [5.74, 6) is 5.88. The van der Waals surface area contributed by atoms with E-state index in [0.29, 0.717) is 0 Å². The summed E-state index contributed by atoms with van der Waals surface area (Å²) >= 11 is 0. The summed E-state index contributed by atoms with van der Waals surface area (Å²) in [7, 11) is 0. The average Bonchev–Trinajstić information content (AvgIpc) is 2.47. The minimum atomic E-state index is 0.0206. The molecule has 0 heterocycles. The van der Waals surface area contributed by atoms with Crippen LogP contribution in [-0.4, -0.2) is 5.78 Å². The van der Waals surface area contributed by atoms with Crippen molar-refractivity contribution in [2.24, 2.45) is 0 Å². The molecule has 92 valence electrons. The Hall–Kier alpha value is -2.59. The van der Waals surface area contributed by atoms with Crippen molar-refractivity contribution in [3.63, 3.8) is 0 Å². The van der Waals surface area contributed by atoms with Crippen LogP contribution in [0.15, 0.2) is 66.7 Å². The zero-order chi connectivity index (χ0) is 13.3. The predicted octanol–water partition coefficient (Wildman–Crippen LogP) is 3.71. The average molecular weight is 246 g/mol. The van der Waals surface area contributed by atoms with Gasteiger partial charge in [-0.15, -0.1) is 0 Å². The number of benzene rings is 2. The second-order valence-electron chi connectivity index (χ2n) is 4.05. The molecule has 0 aromatic heterocycles. The smallest absolute Gasteiger partial charge is 0.167 e. The van der Waals surface area contributed by atoms with Gasteiger partial charge in [-0.1, -0.05) is 66.4 Å². The van der Waals surface area contributed by atoms with Gasteiger partial charge in [-0.3, -0.25) is 4.79 Å². The zero-order valence-electron chi connectivity index (χ0n) is 10.5. The van der Waals surface area contributed by atoms with Gasteiger partial charge in [0, 0.05) is 5.56 Å². The maximum absolute atomic E-state index is 11.6. The number of carbonyl (C=O) groups excluding carboxylic acids is 1. The lowest BCUT2D eigenvalue weighted by atomic mass is 10.1. The lowest BCUT2D eigenvalue weighted by Gasteiger charge is -1.90. The van der Waals surface area contributed by atoms with Crippen molar-refractivity contribution in [2.75, 3.05) is 0 Å². The molecule has 1 heteroatoms. The van der Waals surface area contributed by atoms with Gasteiger partial charge in [0.05, 0.1) is 6.42 Å². The third kappa shape index (κ3) is 4.65. The lowest BCUT2D eigenvalue weighted by molar-refractivity contribution is -0.113. The molecular formula is C18H14O. The summed E-state index contributed by atoms with van der Waals surface area (Å²) in [5.41, 5.74) is 1.95. The molecule has 1 nitrogen and oxygen atoms in total. The fourth-order valence-corrected chi connectivity index (χ4v) is 1.57. The van der Waals surface area contributed by atoms with E-state index < -0.39 is 0 Å². The molecule has 0 radical (unpaired) electrons. The van der Waals surface area contributed by atoms with E-state index in [4.69, 9.17) is 0 Å². The van der Waals surface area contributed by atoms with E-state index in [2.05, 4.69) is 11.8 Å². The third-order valence-corrected chi connectivity index (χ3v) is 2.53. The SMILES string of the molecule is O=C(C=Cc1ccccc1)CC#Cc1ccccc1. The van der Waals surface area contributed by atoms with E-state index in [-0.39, 0.29) is 12.2 Å².